The Morgan fingerprint density at radius 3 is 2.68 bits per heavy atom. The predicted molar refractivity (Wildman–Crippen MR) is 88.0 cm³/mol. The molecule has 2 aromatic rings. The average Bonchev–Trinajstić information content (AvgIpc) is 3.04. The van der Waals surface area contributed by atoms with Crippen molar-refractivity contribution >= 4 is 11.7 Å². The third-order valence-electron chi connectivity index (χ3n) is 4.13. The van der Waals surface area contributed by atoms with Crippen LogP contribution in [-0.4, -0.2) is 36.4 Å². The van der Waals surface area contributed by atoms with Crippen molar-refractivity contribution < 1.29 is 4.79 Å². The van der Waals surface area contributed by atoms with Crippen LogP contribution in [0.3, 0.4) is 0 Å². The van der Waals surface area contributed by atoms with Crippen LogP contribution in [0.25, 0.3) is 0 Å². The van der Waals surface area contributed by atoms with Crippen LogP contribution in [0.5, 0.6) is 0 Å². The van der Waals surface area contributed by atoms with Crippen molar-refractivity contribution in [2.75, 3.05) is 25.5 Å². The van der Waals surface area contributed by atoms with E-state index in [4.69, 9.17) is 0 Å². The highest BCUT2D eigenvalue weighted by Gasteiger charge is 2.32. The third kappa shape index (κ3) is 2.69. The van der Waals surface area contributed by atoms with Gasteiger partial charge in [0.05, 0.1) is 6.04 Å². The van der Waals surface area contributed by atoms with E-state index >= 15 is 0 Å². The molecule has 3 rings (SSSR count). The summed E-state index contributed by atoms with van der Waals surface area (Å²) in [5.41, 5.74) is 1.89. The fourth-order valence-corrected chi connectivity index (χ4v) is 3.12. The van der Waals surface area contributed by atoms with E-state index in [2.05, 4.69) is 11.1 Å². The molecule has 0 N–H and O–H groups in total. The Kier molecular flexibility index (Phi) is 4.09. The van der Waals surface area contributed by atoms with Crippen LogP contribution >= 0.6 is 0 Å². The van der Waals surface area contributed by atoms with Gasteiger partial charge in [0.2, 0.25) is 0 Å². The Bertz CT molecular complexity index is 654. The van der Waals surface area contributed by atoms with Crippen molar-refractivity contribution in [3.63, 3.8) is 0 Å². The summed E-state index contributed by atoms with van der Waals surface area (Å²) in [7, 11) is 3.98. The lowest BCUT2D eigenvalue weighted by atomic mass is 10.0. The Morgan fingerprint density at radius 1 is 1.18 bits per heavy atom. The maximum Gasteiger partial charge on any atom is 0.254 e. The van der Waals surface area contributed by atoms with Crippen LogP contribution in [0.1, 0.15) is 34.8 Å². The smallest absolute Gasteiger partial charge is 0.254 e. The molecule has 0 unspecified atom stereocenters. The minimum Gasteiger partial charge on any atom is -0.362 e. The lowest BCUT2D eigenvalue weighted by Gasteiger charge is -2.28. The fraction of sp³-hybridized carbons (Fsp3) is 0.333. The number of aromatic nitrogens is 1. The highest BCUT2D eigenvalue weighted by Crippen LogP contribution is 2.36. The van der Waals surface area contributed by atoms with Gasteiger partial charge in [-0.25, -0.2) is 4.98 Å². The Labute approximate surface area is 131 Å². The van der Waals surface area contributed by atoms with Crippen molar-refractivity contribution in [3.05, 3.63) is 59.8 Å². The first kappa shape index (κ1) is 14.6. The van der Waals surface area contributed by atoms with Gasteiger partial charge in [0.15, 0.2) is 0 Å². The molecule has 1 aliphatic heterocycles. The quantitative estimate of drug-likeness (QED) is 0.873. The zero-order valence-electron chi connectivity index (χ0n) is 13.1. The first-order valence-electron chi connectivity index (χ1n) is 7.66. The summed E-state index contributed by atoms with van der Waals surface area (Å²) in [6.07, 6.45) is 3.83. The summed E-state index contributed by atoms with van der Waals surface area (Å²) >= 11 is 0. The highest BCUT2D eigenvalue weighted by molar-refractivity contribution is 5.94. The van der Waals surface area contributed by atoms with Gasteiger partial charge in [-0.15, -0.1) is 0 Å². The summed E-state index contributed by atoms with van der Waals surface area (Å²) in [5, 5.41) is 0. The SMILES string of the molecule is CN(C)c1ncccc1[C@@H]1CCCN1C(=O)c1ccccc1. The van der Waals surface area contributed by atoms with Gasteiger partial charge in [0.1, 0.15) is 5.82 Å². The molecule has 1 aliphatic rings. The van der Waals surface area contributed by atoms with Crippen LogP contribution in [-0.2, 0) is 0 Å². The van der Waals surface area contributed by atoms with E-state index in [1.165, 1.54) is 0 Å². The molecule has 1 atom stereocenters. The number of pyridine rings is 1. The molecule has 114 valence electrons. The Morgan fingerprint density at radius 2 is 1.95 bits per heavy atom. The third-order valence-corrected chi connectivity index (χ3v) is 4.13. The van der Waals surface area contributed by atoms with Crippen LogP contribution in [0.2, 0.25) is 0 Å². The summed E-state index contributed by atoms with van der Waals surface area (Å²) in [6.45, 7) is 0.806. The molecule has 0 radical (unpaired) electrons. The Hall–Kier alpha value is -2.36. The maximum absolute atomic E-state index is 12.8. The molecule has 22 heavy (non-hydrogen) atoms. The van der Waals surface area contributed by atoms with E-state index in [-0.39, 0.29) is 11.9 Å². The van der Waals surface area contributed by atoms with Crippen LogP contribution in [0, 0.1) is 0 Å². The van der Waals surface area contributed by atoms with Gasteiger partial charge in [0.25, 0.3) is 5.91 Å². The lowest BCUT2D eigenvalue weighted by Crippen LogP contribution is -2.31. The standard InChI is InChI=1S/C18H21N3O/c1-20(2)17-15(10-6-12-19-17)16-11-7-13-21(16)18(22)14-8-4-3-5-9-14/h3-6,8-10,12,16H,7,11,13H2,1-2H3/t16-/m0/s1. The van der Waals surface area contributed by atoms with Crippen molar-refractivity contribution in [2.45, 2.75) is 18.9 Å². The van der Waals surface area contributed by atoms with Gasteiger partial charge in [-0.1, -0.05) is 24.3 Å². The van der Waals surface area contributed by atoms with Gasteiger partial charge in [0, 0.05) is 38.0 Å². The average molecular weight is 295 g/mol. The number of rotatable bonds is 3. The molecule has 1 saturated heterocycles. The zero-order valence-corrected chi connectivity index (χ0v) is 13.1. The van der Waals surface area contributed by atoms with Crippen molar-refractivity contribution in [2.24, 2.45) is 0 Å². The maximum atomic E-state index is 12.8. The molecule has 1 fully saturated rings. The number of anilines is 1. The number of carbonyl (C=O) groups excluding carboxylic acids is 1. The number of nitrogens with zero attached hydrogens (tertiary/aromatic N) is 3. The molecule has 0 saturated carbocycles. The van der Waals surface area contributed by atoms with Crippen LogP contribution in [0.15, 0.2) is 48.7 Å². The zero-order chi connectivity index (χ0) is 15.5. The molecule has 1 aromatic heterocycles. The first-order chi connectivity index (χ1) is 10.7. The molecular weight excluding hydrogens is 274 g/mol. The van der Waals surface area contributed by atoms with Crippen molar-refractivity contribution in [1.82, 2.24) is 9.88 Å². The number of carbonyl (C=O) groups is 1. The highest BCUT2D eigenvalue weighted by atomic mass is 16.2. The largest absolute Gasteiger partial charge is 0.362 e. The van der Waals surface area contributed by atoms with Gasteiger partial charge in [-0.05, 0) is 31.0 Å². The summed E-state index contributed by atoms with van der Waals surface area (Å²) in [4.78, 5) is 21.3. The molecular formula is C18H21N3O. The van der Waals surface area contributed by atoms with E-state index in [9.17, 15) is 4.79 Å². The van der Waals surface area contributed by atoms with E-state index in [1.54, 1.807) is 6.20 Å². The topological polar surface area (TPSA) is 36.4 Å². The van der Waals surface area contributed by atoms with Crippen molar-refractivity contribution in [3.8, 4) is 0 Å². The number of amides is 1. The second-order valence-electron chi connectivity index (χ2n) is 5.83. The number of hydrogen-bond donors (Lipinski definition) is 0. The molecule has 4 nitrogen and oxygen atoms in total. The first-order valence-corrected chi connectivity index (χ1v) is 7.66. The van der Waals surface area contributed by atoms with Gasteiger partial charge < -0.3 is 9.80 Å². The van der Waals surface area contributed by atoms with E-state index in [1.807, 2.05) is 60.3 Å². The molecule has 0 bridgehead atoms. The number of hydrogen-bond acceptors (Lipinski definition) is 3. The van der Waals surface area contributed by atoms with Crippen molar-refractivity contribution in [1.29, 1.82) is 0 Å². The molecule has 0 aliphatic carbocycles. The second-order valence-corrected chi connectivity index (χ2v) is 5.83. The van der Waals surface area contributed by atoms with Gasteiger partial charge in [-0.2, -0.15) is 0 Å². The van der Waals surface area contributed by atoms with E-state index in [0.29, 0.717) is 0 Å². The molecule has 1 amide bonds. The minimum atomic E-state index is 0.108. The molecule has 4 heteroatoms. The van der Waals surface area contributed by atoms with Crippen LogP contribution < -0.4 is 4.90 Å². The summed E-state index contributed by atoms with van der Waals surface area (Å²) in [6, 6.07) is 13.7. The number of benzene rings is 1. The molecule has 0 spiro atoms. The fourth-order valence-electron chi connectivity index (χ4n) is 3.12. The number of likely N-dealkylation sites (tertiary alicyclic amines) is 1. The van der Waals surface area contributed by atoms with E-state index < -0.39 is 0 Å². The lowest BCUT2D eigenvalue weighted by molar-refractivity contribution is 0.0736. The van der Waals surface area contributed by atoms with Gasteiger partial charge in [-0.3, -0.25) is 4.79 Å². The molecule has 2 heterocycles. The normalized spacial score (nSPS) is 17.5. The second kappa shape index (κ2) is 6.18. The summed E-state index contributed by atoms with van der Waals surface area (Å²) in [5.74, 6) is 1.05. The van der Waals surface area contributed by atoms with Gasteiger partial charge >= 0.3 is 0 Å². The minimum absolute atomic E-state index is 0.108. The van der Waals surface area contributed by atoms with Crippen LogP contribution in [0.4, 0.5) is 5.82 Å². The van der Waals surface area contributed by atoms with E-state index in [0.717, 1.165) is 36.3 Å². The monoisotopic (exact) mass is 295 g/mol. The summed E-state index contributed by atoms with van der Waals surface area (Å²) < 4.78 is 0. The predicted octanol–water partition coefficient (Wildman–Crippen LogP) is 3.12. The Balaban J connectivity index is 1.93. The molecule has 1 aromatic carbocycles.